The van der Waals surface area contributed by atoms with Gasteiger partial charge in [-0.15, -0.1) is 10.2 Å². The molecule has 0 N–H and O–H groups in total. The fourth-order valence-electron chi connectivity index (χ4n) is 2.39. The first kappa shape index (κ1) is 16.1. The lowest BCUT2D eigenvalue weighted by atomic mass is 10.1. The molecule has 1 heterocycles. The number of halogens is 1. The predicted octanol–water partition coefficient (Wildman–Crippen LogP) is 5.08. The van der Waals surface area contributed by atoms with Crippen LogP contribution < -0.4 is 0 Å². The van der Waals surface area contributed by atoms with E-state index in [1.54, 1.807) is 11.8 Å². The molecule has 5 heteroatoms. The molecular formula is C18H18ClN3S. The van der Waals surface area contributed by atoms with Crippen LogP contribution in [0.2, 0.25) is 5.02 Å². The van der Waals surface area contributed by atoms with Crippen molar-refractivity contribution < 1.29 is 0 Å². The van der Waals surface area contributed by atoms with Crippen LogP contribution in [0.1, 0.15) is 23.9 Å². The van der Waals surface area contributed by atoms with E-state index in [0.29, 0.717) is 0 Å². The molecule has 0 saturated carbocycles. The van der Waals surface area contributed by atoms with E-state index in [9.17, 15) is 0 Å². The van der Waals surface area contributed by atoms with E-state index in [-0.39, 0.29) is 0 Å². The second-order valence-electron chi connectivity index (χ2n) is 5.30. The quantitative estimate of drug-likeness (QED) is 0.605. The molecule has 0 bridgehead atoms. The lowest BCUT2D eigenvalue weighted by Crippen LogP contribution is -1.99. The Hall–Kier alpha value is -1.78. The van der Waals surface area contributed by atoms with Gasteiger partial charge in [0.05, 0.1) is 0 Å². The Bertz CT molecular complexity index is 796. The number of hydrogen-bond acceptors (Lipinski definition) is 3. The zero-order chi connectivity index (χ0) is 16.2. The van der Waals surface area contributed by atoms with Gasteiger partial charge in [-0.3, -0.25) is 4.57 Å². The van der Waals surface area contributed by atoms with Gasteiger partial charge in [0.25, 0.3) is 0 Å². The second kappa shape index (κ2) is 7.20. The van der Waals surface area contributed by atoms with E-state index >= 15 is 0 Å². The molecular weight excluding hydrogens is 326 g/mol. The summed E-state index contributed by atoms with van der Waals surface area (Å²) in [7, 11) is 0. The van der Waals surface area contributed by atoms with Crippen LogP contribution in [0, 0.1) is 6.92 Å². The first-order chi connectivity index (χ1) is 11.2. The average Bonchev–Trinajstić information content (AvgIpc) is 2.94. The van der Waals surface area contributed by atoms with Gasteiger partial charge in [0.15, 0.2) is 5.16 Å². The largest absolute Gasteiger partial charge is 0.274 e. The summed E-state index contributed by atoms with van der Waals surface area (Å²) in [5.74, 6) is 1.70. The number of aryl methyl sites for hydroxylation is 2. The Labute approximate surface area is 145 Å². The number of thioether (sulfide) groups is 1. The highest BCUT2D eigenvalue weighted by Crippen LogP contribution is 2.26. The van der Waals surface area contributed by atoms with Crippen LogP contribution in [0.25, 0.3) is 5.69 Å². The van der Waals surface area contributed by atoms with Gasteiger partial charge < -0.3 is 0 Å². The maximum atomic E-state index is 6.04. The SMILES string of the molecule is CCc1ccc(-n2c(C)nnc2SCc2cccc(Cl)c2)cc1. The van der Waals surface area contributed by atoms with Crippen LogP contribution in [0.3, 0.4) is 0 Å². The van der Waals surface area contributed by atoms with Gasteiger partial charge in [-0.2, -0.15) is 0 Å². The zero-order valence-corrected chi connectivity index (χ0v) is 14.7. The molecule has 3 aromatic rings. The van der Waals surface area contributed by atoms with Crippen LogP contribution in [-0.2, 0) is 12.2 Å². The summed E-state index contributed by atoms with van der Waals surface area (Å²) in [4.78, 5) is 0. The van der Waals surface area contributed by atoms with Gasteiger partial charge in [-0.1, -0.05) is 54.6 Å². The summed E-state index contributed by atoms with van der Waals surface area (Å²) in [5.41, 5.74) is 3.60. The van der Waals surface area contributed by atoms with Crippen molar-refractivity contribution in [1.29, 1.82) is 0 Å². The van der Waals surface area contributed by atoms with Crippen LogP contribution >= 0.6 is 23.4 Å². The summed E-state index contributed by atoms with van der Waals surface area (Å²) in [5, 5.41) is 10.2. The molecule has 2 aromatic carbocycles. The molecule has 0 unspecified atom stereocenters. The van der Waals surface area contributed by atoms with Crippen molar-refractivity contribution in [3.8, 4) is 5.69 Å². The molecule has 0 spiro atoms. The predicted molar refractivity (Wildman–Crippen MR) is 96.5 cm³/mol. The van der Waals surface area contributed by atoms with Crippen LogP contribution in [0.15, 0.2) is 53.7 Å². The third kappa shape index (κ3) is 3.77. The lowest BCUT2D eigenvalue weighted by molar-refractivity contribution is 0.867. The number of benzene rings is 2. The molecule has 0 amide bonds. The maximum absolute atomic E-state index is 6.04. The Balaban J connectivity index is 1.83. The summed E-state index contributed by atoms with van der Waals surface area (Å²) in [6.07, 6.45) is 1.04. The van der Waals surface area contributed by atoms with Crippen molar-refractivity contribution in [1.82, 2.24) is 14.8 Å². The molecule has 0 saturated heterocycles. The third-order valence-corrected chi connectivity index (χ3v) is 4.89. The van der Waals surface area contributed by atoms with Crippen molar-refractivity contribution >= 4 is 23.4 Å². The van der Waals surface area contributed by atoms with Gasteiger partial charge in [0.1, 0.15) is 5.82 Å². The molecule has 1 aromatic heterocycles. The van der Waals surface area contributed by atoms with E-state index in [1.165, 1.54) is 11.1 Å². The van der Waals surface area contributed by atoms with Crippen LogP contribution in [0.4, 0.5) is 0 Å². The zero-order valence-electron chi connectivity index (χ0n) is 13.2. The summed E-state index contributed by atoms with van der Waals surface area (Å²) < 4.78 is 2.09. The first-order valence-electron chi connectivity index (χ1n) is 7.56. The molecule has 0 aliphatic heterocycles. The Kier molecular flexibility index (Phi) is 5.03. The molecule has 118 valence electrons. The van der Waals surface area contributed by atoms with E-state index in [2.05, 4.69) is 52.0 Å². The van der Waals surface area contributed by atoms with Crippen molar-refractivity contribution in [2.45, 2.75) is 31.2 Å². The number of nitrogens with zero attached hydrogens (tertiary/aromatic N) is 3. The molecule has 3 rings (SSSR count). The van der Waals surface area contributed by atoms with E-state index in [1.807, 2.05) is 25.1 Å². The minimum absolute atomic E-state index is 0.760. The highest BCUT2D eigenvalue weighted by Gasteiger charge is 2.11. The minimum atomic E-state index is 0.760. The highest BCUT2D eigenvalue weighted by atomic mass is 35.5. The third-order valence-electron chi connectivity index (χ3n) is 3.65. The minimum Gasteiger partial charge on any atom is -0.274 e. The first-order valence-corrected chi connectivity index (χ1v) is 8.92. The van der Waals surface area contributed by atoms with Gasteiger partial charge in [-0.05, 0) is 48.7 Å². The molecule has 23 heavy (non-hydrogen) atoms. The summed E-state index contributed by atoms with van der Waals surface area (Å²) >= 11 is 7.71. The van der Waals surface area contributed by atoms with Gasteiger partial charge in [0.2, 0.25) is 0 Å². The maximum Gasteiger partial charge on any atom is 0.196 e. The monoisotopic (exact) mass is 343 g/mol. The highest BCUT2D eigenvalue weighted by molar-refractivity contribution is 7.98. The van der Waals surface area contributed by atoms with Gasteiger partial charge in [0, 0.05) is 16.5 Å². The van der Waals surface area contributed by atoms with Crippen LogP contribution in [0.5, 0.6) is 0 Å². The topological polar surface area (TPSA) is 30.7 Å². The Morgan fingerprint density at radius 3 is 2.52 bits per heavy atom. The fourth-order valence-corrected chi connectivity index (χ4v) is 3.54. The molecule has 0 radical (unpaired) electrons. The van der Waals surface area contributed by atoms with Crippen molar-refractivity contribution in [2.24, 2.45) is 0 Å². The van der Waals surface area contributed by atoms with Gasteiger partial charge in [-0.25, -0.2) is 0 Å². The Morgan fingerprint density at radius 2 is 1.83 bits per heavy atom. The van der Waals surface area contributed by atoms with E-state index < -0.39 is 0 Å². The van der Waals surface area contributed by atoms with Crippen molar-refractivity contribution in [2.75, 3.05) is 0 Å². The number of rotatable bonds is 5. The van der Waals surface area contributed by atoms with Crippen molar-refractivity contribution in [3.05, 3.63) is 70.5 Å². The standard InChI is InChI=1S/C18H18ClN3S/c1-3-14-7-9-17(10-8-14)22-13(2)20-21-18(22)23-12-15-5-4-6-16(19)11-15/h4-11H,3,12H2,1-2H3. The number of hydrogen-bond donors (Lipinski definition) is 0. The summed E-state index contributed by atoms with van der Waals surface area (Å²) in [6, 6.07) is 16.5. The molecule has 0 aliphatic rings. The molecule has 3 nitrogen and oxygen atoms in total. The summed E-state index contributed by atoms with van der Waals surface area (Å²) in [6.45, 7) is 4.13. The molecule has 0 fully saturated rings. The number of aromatic nitrogens is 3. The normalized spacial score (nSPS) is 10.9. The smallest absolute Gasteiger partial charge is 0.196 e. The van der Waals surface area contributed by atoms with Gasteiger partial charge >= 0.3 is 0 Å². The Morgan fingerprint density at radius 1 is 1.04 bits per heavy atom. The van der Waals surface area contributed by atoms with E-state index in [0.717, 1.165) is 33.9 Å². The molecule has 0 aliphatic carbocycles. The van der Waals surface area contributed by atoms with Crippen molar-refractivity contribution in [3.63, 3.8) is 0 Å². The fraction of sp³-hybridized carbons (Fsp3) is 0.222. The second-order valence-corrected chi connectivity index (χ2v) is 6.68. The van der Waals surface area contributed by atoms with Crippen LogP contribution in [-0.4, -0.2) is 14.8 Å². The van der Waals surface area contributed by atoms with E-state index in [4.69, 9.17) is 11.6 Å². The lowest BCUT2D eigenvalue weighted by Gasteiger charge is -2.09. The molecule has 0 atom stereocenters. The average molecular weight is 344 g/mol.